The Hall–Kier alpha value is -2.97. The minimum Gasteiger partial charge on any atom is -0.497 e. The summed E-state index contributed by atoms with van der Waals surface area (Å²) in [7, 11) is 3.09. The molecule has 0 saturated carbocycles. The van der Waals surface area contributed by atoms with E-state index in [1.807, 2.05) is 6.07 Å². The van der Waals surface area contributed by atoms with Crippen molar-refractivity contribution in [1.29, 1.82) is 5.26 Å². The molecular formula is C18H14ClNO4. The topological polar surface area (TPSA) is 68.5 Å². The number of benzene rings is 2. The van der Waals surface area contributed by atoms with Gasteiger partial charge in [0.05, 0.1) is 30.9 Å². The Bertz CT molecular complexity index is 802. The first kappa shape index (κ1) is 17.4. The van der Waals surface area contributed by atoms with Gasteiger partial charge in [-0.3, -0.25) is 0 Å². The summed E-state index contributed by atoms with van der Waals surface area (Å²) in [6, 6.07) is 11.6. The predicted octanol–water partition coefficient (Wildman–Crippen LogP) is 3.85. The summed E-state index contributed by atoms with van der Waals surface area (Å²) in [5.74, 6) is 0.812. The number of rotatable bonds is 5. The lowest BCUT2D eigenvalue weighted by Gasteiger charge is -2.06. The zero-order chi connectivity index (χ0) is 17.5. The van der Waals surface area contributed by atoms with E-state index in [4.69, 9.17) is 31.1 Å². The summed E-state index contributed by atoms with van der Waals surface area (Å²) >= 11 is 5.96. The van der Waals surface area contributed by atoms with E-state index in [1.165, 1.54) is 24.3 Å². The number of carbonyl (C=O) groups excluding carboxylic acids is 1. The number of halogens is 1. The Labute approximate surface area is 144 Å². The monoisotopic (exact) mass is 343 g/mol. The summed E-state index contributed by atoms with van der Waals surface area (Å²) in [6.07, 6.45) is 2.84. The maximum absolute atomic E-state index is 11.9. The largest absolute Gasteiger partial charge is 0.497 e. The number of hydrogen-bond acceptors (Lipinski definition) is 5. The van der Waals surface area contributed by atoms with Crippen LogP contribution in [0.2, 0.25) is 5.02 Å². The van der Waals surface area contributed by atoms with Gasteiger partial charge in [-0.25, -0.2) is 4.79 Å². The van der Waals surface area contributed by atoms with E-state index in [0.717, 1.165) is 0 Å². The molecule has 0 atom stereocenters. The van der Waals surface area contributed by atoms with E-state index >= 15 is 0 Å². The minimum atomic E-state index is -0.594. The van der Waals surface area contributed by atoms with E-state index in [0.29, 0.717) is 22.6 Å². The first-order valence-corrected chi connectivity index (χ1v) is 7.26. The average Bonchev–Trinajstić information content (AvgIpc) is 2.61. The molecule has 0 N–H and O–H groups in total. The quantitative estimate of drug-likeness (QED) is 0.468. The van der Waals surface area contributed by atoms with Crippen molar-refractivity contribution in [1.82, 2.24) is 0 Å². The highest BCUT2D eigenvalue weighted by Gasteiger charge is 2.07. The normalized spacial score (nSPS) is 10.2. The van der Waals surface area contributed by atoms with Crippen LogP contribution in [-0.4, -0.2) is 20.2 Å². The van der Waals surface area contributed by atoms with Gasteiger partial charge in [-0.05, 0) is 42.0 Å². The first-order valence-electron chi connectivity index (χ1n) is 6.88. The van der Waals surface area contributed by atoms with Crippen LogP contribution in [0.15, 0.2) is 42.5 Å². The number of esters is 1. The Morgan fingerprint density at radius 1 is 1.12 bits per heavy atom. The van der Waals surface area contributed by atoms with Crippen molar-refractivity contribution >= 4 is 23.6 Å². The molecule has 0 aliphatic rings. The maximum Gasteiger partial charge on any atom is 0.336 e. The molecular weight excluding hydrogens is 330 g/mol. The van der Waals surface area contributed by atoms with Crippen LogP contribution in [0.3, 0.4) is 0 Å². The van der Waals surface area contributed by atoms with Crippen molar-refractivity contribution in [3.05, 3.63) is 58.6 Å². The average molecular weight is 344 g/mol. The lowest BCUT2D eigenvalue weighted by Crippen LogP contribution is -2.04. The second-order valence-electron chi connectivity index (χ2n) is 4.66. The number of methoxy groups -OCH3 is 2. The van der Waals surface area contributed by atoms with Gasteiger partial charge >= 0.3 is 5.97 Å². The van der Waals surface area contributed by atoms with Crippen molar-refractivity contribution in [2.45, 2.75) is 0 Å². The summed E-state index contributed by atoms with van der Waals surface area (Å²) in [5.41, 5.74) is 1.10. The molecule has 0 heterocycles. The summed E-state index contributed by atoms with van der Waals surface area (Å²) in [4.78, 5) is 11.9. The number of nitriles is 1. The van der Waals surface area contributed by atoms with Crippen LogP contribution in [0, 0.1) is 11.3 Å². The number of carbonyl (C=O) groups is 1. The van der Waals surface area contributed by atoms with E-state index < -0.39 is 5.97 Å². The van der Waals surface area contributed by atoms with Gasteiger partial charge in [0.1, 0.15) is 17.2 Å². The molecule has 6 heteroatoms. The van der Waals surface area contributed by atoms with Gasteiger partial charge in [-0.2, -0.15) is 5.26 Å². The molecule has 24 heavy (non-hydrogen) atoms. The van der Waals surface area contributed by atoms with Gasteiger partial charge in [-0.15, -0.1) is 0 Å². The Morgan fingerprint density at radius 3 is 2.33 bits per heavy atom. The molecule has 5 nitrogen and oxygen atoms in total. The number of nitrogens with zero attached hydrogens (tertiary/aromatic N) is 1. The zero-order valence-electron chi connectivity index (χ0n) is 13.1. The second kappa shape index (κ2) is 8.04. The van der Waals surface area contributed by atoms with Crippen LogP contribution in [-0.2, 0) is 4.79 Å². The third-order valence-corrected chi connectivity index (χ3v) is 3.35. The van der Waals surface area contributed by atoms with Gasteiger partial charge < -0.3 is 14.2 Å². The summed E-state index contributed by atoms with van der Waals surface area (Å²) in [5, 5.41) is 8.98. The second-order valence-corrected chi connectivity index (χ2v) is 5.06. The van der Waals surface area contributed by atoms with E-state index in [1.54, 1.807) is 38.5 Å². The molecule has 0 amide bonds. The molecule has 0 fully saturated rings. The summed E-state index contributed by atoms with van der Waals surface area (Å²) < 4.78 is 15.5. The van der Waals surface area contributed by atoms with Crippen molar-refractivity contribution < 1.29 is 19.0 Å². The lowest BCUT2D eigenvalue weighted by molar-refractivity contribution is -0.128. The van der Waals surface area contributed by atoms with Crippen molar-refractivity contribution in [3.8, 4) is 23.3 Å². The maximum atomic E-state index is 11.9. The fourth-order valence-corrected chi connectivity index (χ4v) is 2.10. The molecule has 2 aromatic carbocycles. The van der Waals surface area contributed by atoms with Crippen molar-refractivity contribution in [3.63, 3.8) is 0 Å². The summed E-state index contributed by atoms with van der Waals surface area (Å²) in [6.45, 7) is 0. The predicted molar refractivity (Wildman–Crippen MR) is 90.4 cm³/mol. The smallest absolute Gasteiger partial charge is 0.336 e. The Balaban J connectivity index is 2.12. The molecule has 0 unspecified atom stereocenters. The third-order valence-electron chi connectivity index (χ3n) is 3.06. The zero-order valence-corrected chi connectivity index (χ0v) is 13.8. The fourth-order valence-electron chi connectivity index (χ4n) is 1.89. The van der Waals surface area contributed by atoms with E-state index in [2.05, 4.69) is 0 Å². The van der Waals surface area contributed by atoms with Crippen LogP contribution < -0.4 is 14.2 Å². The Kier molecular flexibility index (Phi) is 5.83. The molecule has 0 aliphatic carbocycles. The van der Waals surface area contributed by atoms with Gasteiger partial charge in [0, 0.05) is 12.1 Å². The standard InChI is InChI=1S/C18H14ClNO4/c1-22-14-7-12(8-15(10-14)23-2)4-6-18(21)24-17-5-3-13(11-20)9-16(17)19/h3-10H,1-2H3/b6-4+. The molecule has 122 valence electrons. The third kappa shape index (κ3) is 4.51. The van der Waals surface area contributed by atoms with Crippen LogP contribution in [0.25, 0.3) is 6.08 Å². The SMILES string of the molecule is COc1cc(/C=C/C(=O)Oc2ccc(C#N)cc2Cl)cc(OC)c1. The molecule has 0 aromatic heterocycles. The van der Waals surface area contributed by atoms with Crippen LogP contribution in [0.1, 0.15) is 11.1 Å². The lowest BCUT2D eigenvalue weighted by atomic mass is 10.2. The molecule has 0 radical (unpaired) electrons. The molecule has 0 saturated heterocycles. The van der Waals surface area contributed by atoms with Crippen LogP contribution in [0.4, 0.5) is 0 Å². The molecule has 2 rings (SSSR count). The highest BCUT2D eigenvalue weighted by atomic mass is 35.5. The van der Waals surface area contributed by atoms with E-state index in [-0.39, 0.29) is 10.8 Å². The highest BCUT2D eigenvalue weighted by Crippen LogP contribution is 2.26. The van der Waals surface area contributed by atoms with Gasteiger partial charge in [0.15, 0.2) is 0 Å². The first-order chi connectivity index (χ1) is 11.5. The van der Waals surface area contributed by atoms with E-state index in [9.17, 15) is 4.79 Å². The molecule has 2 aromatic rings. The fraction of sp³-hybridized carbons (Fsp3) is 0.111. The van der Waals surface area contributed by atoms with Gasteiger partial charge in [0.25, 0.3) is 0 Å². The van der Waals surface area contributed by atoms with Gasteiger partial charge in [0.2, 0.25) is 0 Å². The van der Waals surface area contributed by atoms with Crippen molar-refractivity contribution in [2.24, 2.45) is 0 Å². The number of hydrogen-bond donors (Lipinski definition) is 0. The minimum absolute atomic E-state index is 0.188. The van der Waals surface area contributed by atoms with Crippen LogP contribution >= 0.6 is 11.6 Å². The molecule has 0 aliphatic heterocycles. The molecule has 0 bridgehead atoms. The molecule has 0 spiro atoms. The van der Waals surface area contributed by atoms with Crippen LogP contribution in [0.5, 0.6) is 17.2 Å². The highest BCUT2D eigenvalue weighted by molar-refractivity contribution is 6.32. The van der Waals surface area contributed by atoms with Gasteiger partial charge in [-0.1, -0.05) is 11.6 Å². The van der Waals surface area contributed by atoms with Crippen molar-refractivity contribution in [2.75, 3.05) is 14.2 Å². The number of ether oxygens (including phenoxy) is 3. The Morgan fingerprint density at radius 2 is 1.79 bits per heavy atom.